The normalized spacial score (nSPS) is 15.1. The van der Waals surface area contributed by atoms with E-state index in [9.17, 15) is 0 Å². The second kappa shape index (κ2) is 5.67. The van der Waals surface area contributed by atoms with E-state index in [0.717, 1.165) is 5.82 Å². The van der Waals surface area contributed by atoms with Crippen molar-refractivity contribution in [1.29, 1.82) is 0 Å². The molecule has 0 aliphatic rings. The smallest absolute Gasteiger partial charge is 0.141 e. The van der Waals surface area contributed by atoms with Gasteiger partial charge in [-0.15, -0.1) is 0 Å². The van der Waals surface area contributed by atoms with Crippen LogP contribution in [-0.2, 0) is 6.54 Å². The molecule has 0 aliphatic carbocycles. The lowest BCUT2D eigenvalue weighted by molar-refractivity contribution is 0.206. The molecule has 0 spiro atoms. The molecule has 0 aromatic carbocycles. The molecule has 1 aromatic rings. The summed E-state index contributed by atoms with van der Waals surface area (Å²) in [4.78, 5) is 8.20. The van der Waals surface area contributed by atoms with Gasteiger partial charge in [0.1, 0.15) is 5.82 Å². The summed E-state index contributed by atoms with van der Waals surface area (Å²) in [5.74, 6) is 1.03. The van der Waals surface area contributed by atoms with Crippen molar-refractivity contribution in [3.63, 3.8) is 0 Å². The first-order valence-electron chi connectivity index (χ1n) is 4.84. The predicted molar refractivity (Wildman–Crippen MR) is 54.6 cm³/mol. The molecule has 2 atom stereocenters. The van der Waals surface area contributed by atoms with Crippen molar-refractivity contribution in [2.24, 2.45) is 5.92 Å². The summed E-state index contributed by atoms with van der Waals surface area (Å²) in [6.45, 7) is 4.89. The monoisotopic (exact) mass is 195 g/mol. The summed E-state index contributed by atoms with van der Waals surface area (Å²) in [6.07, 6.45) is 3.45. The average Bonchev–Trinajstić information content (AvgIpc) is 2.26. The molecule has 0 saturated carbocycles. The van der Waals surface area contributed by atoms with E-state index in [1.807, 2.05) is 13.8 Å². The standard InChI is InChI=1S/C10H17N3O/c1-8(7-14)9(2)13-6-10-11-4-3-5-12-10/h3-5,8-9,13-14H,6-7H2,1-2H3. The van der Waals surface area contributed by atoms with Gasteiger partial charge in [-0.25, -0.2) is 9.97 Å². The molecule has 0 radical (unpaired) electrons. The minimum absolute atomic E-state index is 0.198. The Balaban J connectivity index is 2.34. The molecule has 0 amide bonds. The first-order valence-corrected chi connectivity index (χ1v) is 4.84. The first-order chi connectivity index (χ1) is 6.74. The molecular weight excluding hydrogens is 178 g/mol. The third-order valence-electron chi connectivity index (χ3n) is 2.34. The zero-order valence-electron chi connectivity index (χ0n) is 8.64. The Morgan fingerprint density at radius 2 is 2.00 bits per heavy atom. The van der Waals surface area contributed by atoms with E-state index in [0.29, 0.717) is 6.54 Å². The fourth-order valence-electron chi connectivity index (χ4n) is 1.03. The van der Waals surface area contributed by atoms with Crippen LogP contribution in [0, 0.1) is 5.92 Å². The Labute approximate surface area is 84.4 Å². The molecular formula is C10H17N3O. The van der Waals surface area contributed by atoms with Crippen LogP contribution in [0.1, 0.15) is 19.7 Å². The largest absolute Gasteiger partial charge is 0.396 e. The molecule has 1 heterocycles. The maximum Gasteiger partial charge on any atom is 0.141 e. The number of aliphatic hydroxyl groups excluding tert-OH is 1. The van der Waals surface area contributed by atoms with Crippen LogP contribution in [0.5, 0.6) is 0 Å². The highest BCUT2D eigenvalue weighted by molar-refractivity contribution is 4.88. The summed E-state index contributed by atoms with van der Waals surface area (Å²) < 4.78 is 0. The summed E-state index contributed by atoms with van der Waals surface area (Å²) in [6, 6.07) is 2.06. The molecule has 0 fully saturated rings. The van der Waals surface area contributed by atoms with Gasteiger partial charge >= 0.3 is 0 Å². The Morgan fingerprint density at radius 3 is 2.57 bits per heavy atom. The molecule has 2 unspecified atom stereocenters. The average molecular weight is 195 g/mol. The predicted octanol–water partition coefficient (Wildman–Crippen LogP) is 0.583. The molecule has 0 aliphatic heterocycles. The Bertz CT molecular complexity index is 253. The van der Waals surface area contributed by atoms with Crippen molar-refractivity contribution in [3.05, 3.63) is 24.3 Å². The molecule has 1 aromatic heterocycles. The van der Waals surface area contributed by atoms with Crippen LogP contribution in [0.2, 0.25) is 0 Å². The lowest BCUT2D eigenvalue weighted by Gasteiger charge is -2.18. The van der Waals surface area contributed by atoms with Gasteiger partial charge in [-0.2, -0.15) is 0 Å². The van der Waals surface area contributed by atoms with Gasteiger partial charge in [-0.3, -0.25) is 0 Å². The van der Waals surface area contributed by atoms with E-state index in [-0.39, 0.29) is 18.6 Å². The lowest BCUT2D eigenvalue weighted by atomic mass is 10.1. The first kappa shape index (κ1) is 11.1. The van der Waals surface area contributed by atoms with Gasteiger partial charge in [0, 0.05) is 25.0 Å². The zero-order chi connectivity index (χ0) is 10.4. The van der Waals surface area contributed by atoms with Crippen LogP contribution in [0.3, 0.4) is 0 Å². The van der Waals surface area contributed by atoms with E-state index in [2.05, 4.69) is 15.3 Å². The van der Waals surface area contributed by atoms with E-state index in [1.165, 1.54) is 0 Å². The van der Waals surface area contributed by atoms with Crippen molar-refractivity contribution in [3.8, 4) is 0 Å². The van der Waals surface area contributed by atoms with Gasteiger partial charge in [0.25, 0.3) is 0 Å². The summed E-state index contributed by atoms with van der Waals surface area (Å²) >= 11 is 0. The summed E-state index contributed by atoms with van der Waals surface area (Å²) in [5, 5.41) is 12.2. The van der Waals surface area contributed by atoms with Gasteiger partial charge in [0.05, 0.1) is 6.54 Å². The maximum atomic E-state index is 8.93. The Hall–Kier alpha value is -1.00. The van der Waals surface area contributed by atoms with Crippen molar-refractivity contribution >= 4 is 0 Å². The second-order valence-corrected chi connectivity index (χ2v) is 3.49. The van der Waals surface area contributed by atoms with Gasteiger partial charge in [-0.1, -0.05) is 6.92 Å². The maximum absolute atomic E-state index is 8.93. The molecule has 4 heteroatoms. The van der Waals surface area contributed by atoms with E-state index in [1.54, 1.807) is 18.5 Å². The molecule has 1 rings (SSSR count). The molecule has 2 N–H and O–H groups in total. The highest BCUT2D eigenvalue weighted by atomic mass is 16.3. The highest BCUT2D eigenvalue weighted by Crippen LogP contribution is 2.01. The lowest BCUT2D eigenvalue weighted by Crippen LogP contribution is -2.33. The highest BCUT2D eigenvalue weighted by Gasteiger charge is 2.10. The fourth-order valence-corrected chi connectivity index (χ4v) is 1.03. The second-order valence-electron chi connectivity index (χ2n) is 3.49. The minimum Gasteiger partial charge on any atom is -0.396 e. The van der Waals surface area contributed by atoms with Crippen molar-refractivity contribution in [2.75, 3.05) is 6.61 Å². The van der Waals surface area contributed by atoms with Crippen LogP contribution in [0.25, 0.3) is 0 Å². The van der Waals surface area contributed by atoms with E-state index < -0.39 is 0 Å². The Kier molecular flexibility index (Phi) is 4.49. The molecule has 4 nitrogen and oxygen atoms in total. The number of rotatable bonds is 5. The van der Waals surface area contributed by atoms with Crippen LogP contribution in [-0.4, -0.2) is 27.7 Å². The number of hydrogen-bond donors (Lipinski definition) is 2. The number of hydrogen-bond acceptors (Lipinski definition) is 4. The van der Waals surface area contributed by atoms with Crippen molar-refractivity contribution in [1.82, 2.24) is 15.3 Å². The number of aromatic nitrogens is 2. The molecule has 14 heavy (non-hydrogen) atoms. The fraction of sp³-hybridized carbons (Fsp3) is 0.600. The molecule has 0 bridgehead atoms. The van der Waals surface area contributed by atoms with Gasteiger partial charge in [0.15, 0.2) is 0 Å². The van der Waals surface area contributed by atoms with Gasteiger partial charge in [-0.05, 0) is 18.9 Å². The minimum atomic E-state index is 0.198. The zero-order valence-corrected chi connectivity index (χ0v) is 8.64. The summed E-state index contributed by atoms with van der Waals surface area (Å²) in [5.41, 5.74) is 0. The van der Waals surface area contributed by atoms with Gasteiger partial charge in [0.2, 0.25) is 0 Å². The van der Waals surface area contributed by atoms with E-state index >= 15 is 0 Å². The number of nitrogens with zero attached hydrogens (tertiary/aromatic N) is 2. The van der Waals surface area contributed by atoms with Crippen LogP contribution < -0.4 is 5.32 Å². The van der Waals surface area contributed by atoms with Crippen LogP contribution in [0.4, 0.5) is 0 Å². The van der Waals surface area contributed by atoms with Crippen molar-refractivity contribution < 1.29 is 5.11 Å². The van der Waals surface area contributed by atoms with Crippen molar-refractivity contribution in [2.45, 2.75) is 26.4 Å². The third kappa shape index (κ3) is 3.40. The molecule has 0 saturated heterocycles. The number of nitrogens with one attached hydrogen (secondary N) is 1. The topological polar surface area (TPSA) is 58.0 Å². The van der Waals surface area contributed by atoms with E-state index in [4.69, 9.17) is 5.11 Å². The van der Waals surface area contributed by atoms with Crippen LogP contribution >= 0.6 is 0 Å². The number of aliphatic hydroxyl groups is 1. The molecule has 78 valence electrons. The Morgan fingerprint density at radius 1 is 1.36 bits per heavy atom. The van der Waals surface area contributed by atoms with Gasteiger partial charge < -0.3 is 10.4 Å². The summed E-state index contributed by atoms with van der Waals surface area (Å²) in [7, 11) is 0. The quantitative estimate of drug-likeness (QED) is 0.721. The third-order valence-corrected chi connectivity index (χ3v) is 2.34. The van der Waals surface area contributed by atoms with Crippen LogP contribution in [0.15, 0.2) is 18.5 Å². The SMILES string of the molecule is CC(CO)C(C)NCc1ncccn1.